The summed E-state index contributed by atoms with van der Waals surface area (Å²) in [4.78, 5) is 21.0. The van der Waals surface area contributed by atoms with Crippen molar-refractivity contribution in [2.75, 3.05) is 17.7 Å². The molecule has 0 atom stereocenters. The van der Waals surface area contributed by atoms with Gasteiger partial charge in [0.1, 0.15) is 6.54 Å². The lowest BCUT2D eigenvalue weighted by molar-refractivity contribution is -0.116. The fourth-order valence-electron chi connectivity index (χ4n) is 3.01. The van der Waals surface area contributed by atoms with Crippen molar-refractivity contribution in [1.29, 1.82) is 0 Å². The molecule has 2 N–H and O–H groups in total. The summed E-state index contributed by atoms with van der Waals surface area (Å²) in [5, 5.41) is 9.54. The van der Waals surface area contributed by atoms with Crippen molar-refractivity contribution in [3.8, 4) is 11.3 Å². The number of aromatic nitrogens is 5. The second-order valence-corrected chi connectivity index (χ2v) is 7.81. The van der Waals surface area contributed by atoms with Crippen molar-refractivity contribution in [3.05, 3.63) is 60.3 Å². The van der Waals surface area contributed by atoms with Crippen LogP contribution in [0.1, 0.15) is 46.2 Å². The number of nitrogens with one attached hydrogen (secondary N) is 2. The molecule has 0 aliphatic rings. The Hall–Kier alpha value is -3.82. The molecule has 0 bridgehead atoms. The van der Waals surface area contributed by atoms with Crippen LogP contribution in [0.2, 0.25) is 0 Å². The maximum Gasteiger partial charge on any atom is 0.246 e. The molecular weight excluding hydrogens is 452 g/mol. The summed E-state index contributed by atoms with van der Waals surface area (Å²) in [5.74, 6) is -2.00. The van der Waals surface area contributed by atoms with E-state index < -0.39 is 17.5 Å². The first-order valence-corrected chi connectivity index (χ1v) is 11.6. The van der Waals surface area contributed by atoms with E-state index in [1.165, 1.54) is 29.7 Å². The Morgan fingerprint density at radius 3 is 2.40 bits per heavy atom. The normalized spacial score (nSPS) is 10.2. The topological polar surface area (TPSA) is 89.1 Å². The average Bonchev–Trinajstić information content (AvgIpc) is 3.44. The standard InChI is InChI=1S/C19H17F2N7O.2C3H8/c1-11-8-28-15(7-23-19(28)18(22-2)25-11)12-6-24-27(9-12)10-16(29)26-14-5-3-4-13(20)17(14)21;2*1-3-2/h3-9H,10H2,1-2H3,(H,22,25)(H,26,29);2*3H2,1-2H3. The summed E-state index contributed by atoms with van der Waals surface area (Å²) >= 11 is 0. The van der Waals surface area contributed by atoms with Crippen LogP contribution >= 0.6 is 0 Å². The van der Waals surface area contributed by atoms with Gasteiger partial charge in [0.05, 0.1) is 29.5 Å². The molecule has 1 aromatic carbocycles. The fraction of sp³-hybridized carbons (Fsp3) is 0.360. The van der Waals surface area contributed by atoms with Gasteiger partial charge < -0.3 is 10.6 Å². The highest BCUT2D eigenvalue weighted by molar-refractivity contribution is 5.90. The SMILES string of the molecule is CCC.CCC.CNc1nc(C)cn2c(-c3cnn(CC(=O)Nc4cccc(F)c4F)c3)cnc12. The zero-order valence-corrected chi connectivity index (χ0v) is 21.1. The molecule has 4 rings (SSSR count). The molecule has 35 heavy (non-hydrogen) atoms. The minimum absolute atomic E-state index is 0.158. The molecule has 0 saturated carbocycles. The molecule has 3 heterocycles. The third-order valence-corrected chi connectivity index (χ3v) is 4.31. The Morgan fingerprint density at radius 1 is 1.06 bits per heavy atom. The summed E-state index contributed by atoms with van der Waals surface area (Å²) in [6, 6.07) is 3.59. The Bertz CT molecular complexity index is 1250. The Kier molecular flexibility index (Phi) is 10.3. The summed E-state index contributed by atoms with van der Waals surface area (Å²) in [5.41, 5.74) is 2.79. The third-order valence-electron chi connectivity index (χ3n) is 4.31. The van der Waals surface area contributed by atoms with Crippen LogP contribution in [0, 0.1) is 18.6 Å². The van der Waals surface area contributed by atoms with Crippen LogP contribution in [0.5, 0.6) is 0 Å². The van der Waals surface area contributed by atoms with E-state index in [9.17, 15) is 13.6 Å². The van der Waals surface area contributed by atoms with E-state index in [1.807, 2.05) is 17.5 Å². The zero-order valence-electron chi connectivity index (χ0n) is 21.1. The molecule has 0 unspecified atom stereocenters. The van der Waals surface area contributed by atoms with Crippen LogP contribution in [0.15, 0.2) is 43.0 Å². The van der Waals surface area contributed by atoms with Crippen LogP contribution in [-0.4, -0.2) is 37.1 Å². The van der Waals surface area contributed by atoms with Gasteiger partial charge in [-0.15, -0.1) is 0 Å². The number of imidazole rings is 1. The predicted molar refractivity (Wildman–Crippen MR) is 135 cm³/mol. The largest absolute Gasteiger partial charge is 0.370 e. The zero-order chi connectivity index (χ0) is 26.0. The number of hydrogen-bond donors (Lipinski definition) is 2. The lowest BCUT2D eigenvalue weighted by Gasteiger charge is -2.07. The van der Waals surface area contributed by atoms with Gasteiger partial charge in [-0.1, -0.05) is 46.6 Å². The van der Waals surface area contributed by atoms with Gasteiger partial charge in [-0.25, -0.2) is 18.7 Å². The maximum absolute atomic E-state index is 13.7. The van der Waals surface area contributed by atoms with Crippen molar-refractivity contribution in [1.82, 2.24) is 24.1 Å². The van der Waals surface area contributed by atoms with E-state index in [0.717, 1.165) is 23.0 Å². The van der Waals surface area contributed by atoms with Gasteiger partial charge >= 0.3 is 0 Å². The van der Waals surface area contributed by atoms with Gasteiger partial charge in [-0.2, -0.15) is 5.10 Å². The second-order valence-electron chi connectivity index (χ2n) is 7.81. The maximum atomic E-state index is 13.7. The summed E-state index contributed by atoms with van der Waals surface area (Å²) < 4.78 is 30.3. The number of aryl methyl sites for hydroxylation is 1. The average molecular weight is 486 g/mol. The van der Waals surface area contributed by atoms with Crippen LogP contribution in [0.4, 0.5) is 20.3 Å². The molecule has 0 fully saturated rings. The van der Waals surface area contributed by atoms with E-state index >= 15 is 0 Å². The molecule has 10 heteroatoms. The van der Waals surface area contributed by atoms with Gasteiger partial charge in [0, 0.05) is 25.0 Å². The van der Waals surface area contributed by atoms with E-state index in [1.54, 1.807) is 25.6 Å². The number of anilines is 2. The van der Waals surface area contributed by atoms with E-state index in [-0.39, 0.29) is 12.2 Å². The molecule has 0 aliphatic carbocycles. The number of halogens is 2. The first-order chi connectivity index (χ1) is 16.8. The molecule has 0 radical (unpaired) electrons. The Labute approximate surface area is 204 Å². The number of benzene rings is 1. The molecule has 0 spiro atoms. The minimum Gasteiger partial charge on any atom is -0.370 e. The monoisotopic (exact) mass is 485 g/mol. The summed E-state index contributed by atoms with van der Waals surface area (Å²) in [7, 11) is 1.77. The van der Waals surface area contributed by atoms with Gasteiger partial charge in [0.2, 0.25) is 5.91 Å². The van der Waals surface area contributed by atoms with Crippen molar-refractivity contribution in [3.63, 3.8) is 0 Å². The molecule has 4 aromatic rings. The van der Waals surface area contributed by atoms with E-state index in [4.69, 9.17) is 0 Å². The highest BCUT2D eigenvalue weighted by Gasteiger charge is 2.14. The Balaban J connectivity index is 0.000000655. The number of nitrogens with zero attached hydrogens (tertiary/aromatic N) is 5. The predicted octanol–water partition coefficient (Wildman–Crippen LogP) is 5.69. The quantitative estimate of drug-likeness (QED) is 0.379. The van der Waals surface area contributed by atoms with Gasteiger partial charge in [-0.3, -0.25) is 13.9 Å². The van der Waals surface area contributed by atoms with E-state index in [2.05, 4.69) is 53.4 Å². The van der Waals surface area contributed by atoms with Crippen molar-refractivity contribution >= 4 is 23.1 Å². The fourth-order valence-corrected chi connectivity index (χ4v) is 3.01. The molecule has 3 aromatic heterocycles. The number of amides is 1. The Morgan fingerprint density at radius 2 is 1.74 bits per heavy atom. The summed E-state index contributed by atoms with van der Waals surface area (Å²) in [6.07, 6.45) is 9.34. The lowest BCUT2D eigenvalue weighted by Crippen LogP contribution is -2.19. The molecule has 1 amide bonds. The highest BCUT2D eigenvalue weighted by atomic mass is 19.2. The smallest absolute Gasteiger partial charge is 0.246 e. The highest BCUT2D eigenvalue weighted by Crippen LogP contribution is 2.24. The van der Waals surface area contributed by atoms with Gasteiger partial charge in [-0.05, 0) is 19.1 Å². The van der Waals surface area contributed by atoms with E-state index in [0.29, 0.717) is 11.5 Å². The first kappa shape index (κ1) is 27.4. The lowest BCUT2D eigenvalue weighted by atomic mass is 10.3. The van der Waals surface area contributed by atoms with Crippen LogP contribution in [-0.2, 0) is 11.3 Å². The molecule has 0 aliphatic heterocycles. The van der Waals surface area contributed by atoms with Crippen molar-refractivity contribution in [2.45, 2.75) is 54.0 Å². The van der Waals surface area contributed by atoms with Crippen LogP contribution < -0.4 is 10.6 Å². The van der Waals surface area contributed by atoms with Gasteiger partial charge in [0.25, 0.3) is 0 Å². The number of hydrogen-bond acceptors (Lipinski definition) is 5. The second kappa shape index (κ2) is 13.2. The molecule has 8 nitrogen and oxygen atoms in total. The van der Waals surface area contributed by atoms with Crippen molar-refractivity contribution in [2.24, 2.45) is 0 Å². The number of carbonyl (C=O) groups is 1. The minimum atomic E-state index is -1.10. The molecule has 188 valence electrons. The van der Waals surface area contributed by atoms with Crippen LogP contribution in [0.25, 0.3) is 16.9 Å². The number of carbonyl (C=O) groups excluding carboxylic acids is 1. The van der Waals surface area contributed by atoms with Crippen LogP contribution in [0.3, 0.4) is 0 Å². The van der Waals surface area contributed by atoms with Gasteiger partial charge in [0.15, 0.2) is 23.1 Å². The molecular formula is C25H33F2N7O. The first-order valence-electron chi connectivity index (χ1n) is 11.6. The molecule has 0 saturated heterocycles. The number of rotatable bonds is 5. The van der Waals surface area contributed by atoms with Crippen molar-refractivity contribution < 1.29 is 13.6 Å². The number of fused-ring (bicyclic) bond motifs is 1. The summed E-state index contributed by atoms with van der Waals surface area (Å²) in [6.45, 7) is 10.2. The third kappa shape index (κ3) is 7.08.